The molecule has 0 saturated heterocycles. The summed E-state index contributed by atoms with van der Waals surface area (Å²) in [7, 11) is 1.79. The average Bonchev–Trinajstić information content (AvgIpc) is 3.21. The number of halogens is 1. The van der Waals surface area contributed by atoms with E-state index in [4.69, 9.17) is 4.74 Å². The van der Waals surface area contributed by atoms with Crippen molar-refractivity contribution in [1.29, 1.82) is 0 Å². The van der Waals surface area contributed by atoms with Crippen LogP contribution in [0.3, 0.4) is 0 Å². The topological polar surface area (TPSA) is 45.7 Å². The van der Waals surface area contributed by atoms with Crippen molar-refractivity contribution in [2.75, 3.05) is 13.6 Å². The van der Waals surface area contributed by atoms with E-state index in [2.05, 4.69) is 31.6 Å². The van der Waals surface area contributed by atoms with Crippen LogP contribution in [0.25, 0.3) is 0 Å². The monoisotopic (exact) mass is 325 g/mol. The Balaban J connectivity index is 1.77. The molecule has 2 rings (SSSR count). The molecule has 1 fully saturated rings. The van der Waals surface area contributed by atoms with E-state index in [1.165, 1.54) is 12.8 Å². The van der Waals surface area contributed by atoms with Crippen LogP contribution in [0.15, 0.2) is 33.7 Å². The predicted octanol–water partition coefficient (Wildman–Crippen LogP) is 2.54. The second kappa shape index (κ2) is 6.80. The highest BCUT2D eigenvalue weighted by Crippen LogP contribution is 2.24. The molecule has 1 aromatic carbocycles. The van der Waals surface area contributed by atoms with Crippen molar-refractivity contribution in [2.24, 2.45) is 4.99 Å². The maximum atomic E-state index is 5.87. The number of rotatable bonds is 5. The molecule has 1 unspecified atom stereocenters. The molecule has 0 aromatic heterocycles. The first kappa shape index (κ1) is 14.2. The smallest absolute Gasteiger partial charge is 0.191 e. The molecular formula is C14H20BrN3O. The van der Waals surface area contributed by atoms with Gasteiger partial charge in [0.2, 0.25) is 0 Å². The van der Waals surface area contributed by atoms with Crippen LogP contribution < -0.4 is 15.4 Å². The number of nitrogens with zero attached hydrogens (tertiary/aromatic N) is 1. The quantitative estimate of drug-likeness (QED) is 0.646. The zero-order valence-corrected chi connectivity index (χ0v) is 12.9. The number of ether oxygens (including phenoxy) is 1. The van der Waals surface area contributed by atoms with Crippen molar-refractivity contribution < 1.29 is 4.74 Å². The Morgan fingerprint density at radius 2 is 2.21 bits per heavy atom. The first-order chi connectivity index (χ1) is 9.19. The molecule has 2 N–H and O–H groups in total. The summed E-state index contributed by atoms with van der Waals surface area (Å²) in [5, 5.41) is 6.62. The lowest BCUT2D eigenvalue weighted by molar-refractivity contribution is 0.222. The Hall–Kier alpha value is -1.23. The summed E-state index contributed by atoms with van der Waals surface area (Å²) in [6, 6.07) is 8.47. The lowest BCUT2D eigenvalue weighted by atomic mass is 10.3. The van der Waals surface area contributed by atoms with Gasteiger partial charge in [-0.1, -0.05) is 12.1 Å². The van der Waals surface area contributed by atoms with E-state index in [0.29, 0.717) is 12.6 Å². The maximum absolute atomic E-state index is 5.87. The normalized spacial score (nSPS) is 16.9. The molecule has 1 aliphatic carbocycles. The van der Waals surface area contributed by atoms with Gasteiger partial charge in [-0.3, -0.25) is 4.99 Å². The molecule has 0 bridgehead atoms. The zero-order valence-electron chi connectivity index (χ0n) is 11.3. The fourth-order valence-electron chi connectivity index (χ4n) is 1.65. The third-order valence-corrected chi connectivity index (χ3v) is 3.52. The van der Waals surface area contributed by atoms with Gasteiger partial charge in [-0.15, -0.1) is 0 Å². The van der Waals surface area contributed by atoms with Gasteiger partial charge in [0.1, 0.15) is 11.9 Å². The third kappa shape index (κ3) is 4.74. The van der Waals surface area contributed by atoms with E-state index in [9.17, 15) is 0 Å². The Labute approximate surface area is 122 Å². The van der Waals surface area contributed by atoms with Crippen molar-refractivity contribution in [3.05, 3.63) is 28.7 Å². The molecular weight excluding hydrogens is 306 g/mol. The van der Waals surface area contributed by atoms with E-state index >= 15 is 0 Å². The van der Waals surface area contributed by atoms with E-state index in [1.54, 1.807) is 7.05 Å². The van der Waals surface area contributed by atoms with Gasteiger partial charge >= 0.3 is 0 Å². The molecule has 0 amide bonds. The van der Waals surface area contributed by atoms with E-state index < -0.39 is 0 Å². The van der Waals surface area contributed by atoms with Gasteiger partial charge in [0.25, 0.3) is 0 Å². The zero-order chi connectivity index (χ0) is 13.7. The first-order valence-electron chi connectivity index (χ1n) is 6.57. The standard InChI is InChI=1S/C14H20BrN3O/c1-10(19-13-6-4-3-5-12(13)15)9-17-14(16-2)18-11-7-8-11/h3-6,10-11H,7-9H2,1-2H3,(H2,16,17,18). The predicted molar refractivity (Wildman–Crippen MR) is 81.8 cm³/mol. The van der Waals surface area contributed by atoms with E-state index in [0.717, 1.165) is 16.2 Å². The highest BCUT2D eigenvalue weighted by molar-refractivity contribution is 9.10. The van der Waals surface area contributed by atoms with Crippen molar-refractivity contribution in [2.45, 2.75) is 31.9 Å². The van der Waals surface area contributed by atoms with Crippen LogP contribution in [0.1, 0.15) is 19.8 Å². The average molecular weight is 326 g/mol. The molecule has 0 aliphatic heterocycles. The van der Waals surface area contributed by atoms with Gasteiger partial charge < -0.3 is 15.4 Å². The molecule has 0 radical (unpaired) electrons. The van der Waals surface area contributed by atoms with Crippen LogP contribution in [-0.4, -0.2) is 31.7 Å². The lowest BCUT2D eigenvalue weighted by Gasteiger charge is -2.18. The van der Waals surface area contributed by atoms with Gasteiger partial charge in [-0.05, 0) is 47.8 Å². The maximum Gasteiger partial charge on any atom is 0.191 e. The number of benzene rings is 1. The van der Waals surface area contributed by atoms with Crippen LogP contribution in [0, 0.1) is 0 Å². The molecule has 0 spiro atoms. The summed E-state index contributed by atoms with van der Waals surface area (Å²) < 4.78 is 6.84. The van der Waals surface area contributed by atoms with Crippen molar-refractivity contribution in [3.63, 3.8) is 0 Å². The number of nitrogens with one attached hydrogen (secondary N) is 2. The molecule has 104 valence electrons. The van der Waals surface area contributed by atoms with Gasteiger partial charge in [-0.2, -0.15) is 0 Å². The summed E-state index contributed by atoms with van der Waals surface area (Å²) in [6.07, 6.45) is 2.55. The number of hydrogen-bond acceptors (Lipinski definition) is 2. The summed E-state index contributed by atoms with van der Waals surface area (Å²) in [6.45, 7) is 2.75. The fraction of sp³-hybridized carbons (Fsp3) is 0.500. The largest absolute Gasteiger partial charge is 0.488 e. The highest BCUT2D eigenvalue weighted by atomic mass is 79.9. The minimum Gasteiger partial charge on any atom is -0.488 e. The first-order valence-corrected chi connectivity index (χ1v) is 7.36. The Bertz CT molecular complexity index is 446. The number of aliphatic imine (C=N–C) groups is 1. The summed E-state index contributed by atoms with van der Waals surface area (Å²) in [4.78, 5) is 4.19. The molecule has 19 heavy (non-hydrogen) atoms. The molecule has 5 heteroatoms. The Morgan fingerprint density at radius 3 is 2.84 bits per heavy atom. The van der Waals surface area contributed by atoms with Crippen molar-refractivity contribution in [1.82, 2.24) is 10.6 Å². The Kier molecular flexibility index (Phi) is 5.07. The fourth-order valence-corrected chi connectivity index (χ4v) is 2.03. The Morgan fingerprint density at radius 1 is 1.47 bits per heavy atom. The van der Waals surface area contributed by atoms with Crippen LogP contribution in [0.2, 0.25) is 0 Å². The third-order valence-electron chi connectivity index (χ3n) is 2.86. The van der Waals surface area contributed by atoms with Gasteiger partial charge in [-0.25, -0.2) is 0 Å². The minimum atomic E-state index is 0.0662. The summed E-state index contributed by atoms with van der Waals surface area (Å²) >= 11 is 3.48. The molecule has 0 heterocycles. The van der Waals surface area contributed by atoms with Crippen LogP contribution in [0.4, 0.5) is 0 Å². The summed E-state index contributed by atoms with van der Waals surface area (Å²) in [5.41, 5.74) is 0. The SMILES string of the molecule is CN=C(NCC(C)Oc1ccccc1Br)NC1CC1. The van der Waals surface area contributed by atoms with Crippen LogP contribution in [-0.2, 0) is 0 Å². The summed E-state index contributed by atoms with van der Waals surface area (Å²) in [5.74, 6) is 1.71. The molecule has 1 saturated carbocycles. The van der Waals surface area contributed by atoms with Crippen LogP contribution >= 0.6 is 15.9 Å². The van der Waals surface area contributed by atoms with E-state index in [1.807, 2.05) is 31.2 Å². The van der Waals surface area contributed by atoms with Crippen molar-refractivity contribution >= 4 is 21.9 Å². The second-order valence-corrected chi connectivity index (χ2v) is 5.58. The molecule has 1 aromatic rings. The van der Waals surface area contributed by atoms with Crippen molar-refractivity contribution in [3.8, 4) is 5.75 Å². The number of hydrogen-bond donors (Lipinski definition) is 2. The molecule has 1 atom stereocenters. The van der Waals surface area contributed by atoms with Gasteiger partial charge in [0.15, 0.2) is 5.96 Å². The number of guanidine groups is 1. The van der Waals surface area contributed by atoms with E-state index in [-0.39, 0.29) is 6.10 Å². The van der Waals surface area contributed by atoms with Gasteiger partial charge in [0, 0.05) is 13.1 Å². The molecule has 1 aliphatic rings. The lowest BCUT2D eigenvalue weighted by Crippen LogP contribution is -2.42. The highest BCUT2D eigenvalue weighted by Gasteiger charge is 2.22. The second-order valence-electron chi connectivity index (χ2n) is 4.73. The molecule has 4 nitrogen and oxygen atoms in total. The minimum absolute atomic E-state index is 0.0662. The van der Waals surface area contributed by atoms with Gasteiger partial charge in [0.05, 0.1) is 11.0 Å². The van der Waals surface area contributed by atoms with Crippen LogP contribution in [0.5, 0.6) is 5.75 Å². The number of para-hydroxylation sites is 1.